The summed E-state index contributed by atoms with van der Waals surface area (Å²) in [5.74, 6) is -0.428. The highest BCUT2D eigenvalue weighted by atomic mass is 19.1. The molecule has 0 bridgehead atoms. The van der Waals surface area contributed by atoms with Gasteiger partial charge in [0.2, 0.25) is 0 Å². The molecular weight excluding hydrogens is 253 g/mol. The minimum absolute atomic E-state index is 0.262. The molecule has 1 heterocycles. The maximum Gasteiger partial charge on any atom is 0.124 e. The number of pyridine rings is 1. The van der Waals surface area contributed by atoms with Gasteiger partial charge in [0.15, 0.2) is 0 Å². The van der Waals surface area contributed by atoms with Crippen molar-refractivity contribution in [3.05, 3.63) is 66.1 Å². The van der Waals surface area contributed by atoms with Crippen LogP contribution in [0.4, 0.5) is 15.8 Å². The van der Waals surface area contributed by atoms with Crippen LogP contribution in [0, 0.1) is 17.1 Å². The van der Waals surface area contributed by atoms with E-state index in [4.69, 9.17) is 5.26 Å². The Morgan fingerprint density at radius 2 is 1.90 bits per heavy atom. The van der Waals surface area contributed by atoms with Crippen LogP contribution >= 0.6 is 0 Å². The van der Waals surface area contributed by atoms with Crippen LogP contribution in [-0.2, 0) is 0 Å². The first-order valence-corrected chi connectivity index (χ1v) is 6.08. The van der Waals surface area contributed by atoms with Crippen molar-refractivity contribution >= 4 is 22.3 Å². The van der Waals surface area contributed by atoms with E-state index in [9.17, 15) is 4.39 Å². The van der Waals surface area contributed by atoms with E-state index in [1.807, 2.05) is 36.4 Å². The van der Waals surface area contributed by atoms with Gasteiger partial charge in [-0.15, -0.1) is 0 Å². The van der Waals surface area contributed by atoms with Crippen molar-refractivity contribution in [1.29, 1.82) is 5.26 Å². The Hall–Kier alpha value is -2.93. The molecule has 0 atom stereocenters. The molecule has 1 aromatic heterocycles. The predicted octanol–water partition coefficient (Wildman–Crippen LogP) is 3.99. The number of aromatic nitrogens is 1. The molecule has 0 fully saturated rings. The van der Waals surface area contributed by atoms with Crippen LogP contribution in [0.15, 0.2) is 54.7 Å². The summed E-state index contributed by atoms with van der Waals surface area (Å²) in [7, 11) is 0. The summed E-state index contributed by atoms with van der Waals surface area (Å²) in [6.45, 7) is 0. The molecule has 20 heavy (non-hydrogen) atoms. The summed E-state index contributed by atoms with van der Waals surface area (Å²) >= 11 is 0. The third-order valence-corrected chi connectivity index (χ3v) is 3.00. The van der Waals surface area contributed by atoms with Gasteiger partial charge in [0, 0.05) is 11.6 Å². The molecule has 0 unspecified atom stereocenters. The molecule has 3 nitrogen and oxygen atoms in total. The van der Waals surface area contributed by atoms with Gasteiger partial charge in [-0.3, -0.25) is 4.98 Å². The summed E-state index contributed by atoms with van der Waals surface area (Å²) in [5, 5.41) is 13.2. The molecule has 0 aliphatic rings. The van der Waals surface area contributed by atoms with Crippen molar-refractivity contribution in [2.24, 2.45) is 0 Å². The van der Waals surface area contributed by atoms with E-state index < -0.39 is 5.82 Å². The van der Waals surface area contributed by atoms with Gasteiger partial charge in [-0.1, -0.05) is 18.2 Å². The first-order chi connectivity index (χ1) is 9.78. The lowest BCUT2D eigenvalue weighted by Gasteiger charge is -2.10. The lowest BCUT2D eigenvalue weighted by molar-refractivity contribution is 0.627. The SMILES string of the molecule is N#Cc1cc(F)ccc1Nc1cccc2cccnc12. The maximum atomic E-state index is 13.1. The van der Waals surface area contributed by atoms with Gasteiger partial charge in [0.05, 0.1) is 22.5 Å². The molecular formula is C16H10FN3. The van der Waals surface area contributed by atoms with Crippen LogP contribution in [0.5, 0.6) is 0 Å². The lowest BCUT2D eigenvalue weighted by atomic mass is 10.1. The summed E-state index contributed by atoms with van der Waals surface area (Å²) in [6, 6.07) is 15.6. The highest BCUT2D eigenvalue weighted by Gasteiger charge is 2.06. The van der Waals surface area contributed by atoms with Crippen LogP contribution in [0.2, 0.25) is 0 Å². The van der Waals surface area contributed by atoms with Crippen molar-refractivity contribution in [3.63, 3.8) is 0 Å². The fraction of sp³-hybridized carbons (Fsp3) is 0. The Labute approximate surface area is 115 Å². The number of nitriles is 1. The van der Waals surface area contributed by atoms with E-state index in [1.54, 1.807) is 12.3 Å². The summed E-state index contributed by atoms with van der Waals surface area (Å²) in [5.41, 5.74) is 2.42. The van der Waals surface area contributed by atoms with Crippen molar-refractivity contribution in [2.45, 2.75) is 0 Å². The number of nitrogens with one attached hydrogen (secondary N) is 1. The quantitative estimate of drug-likeness (QED) is 0.760. The van der Waals surface area contributed by atoms with Crippen LogP contribution in [0.25, 0.3) is 10.9 Å². The number of benzene rings is 2. The second-order valence-corrected chi connectivity index (χ2v) is 4.31. The minimum atomic E-state index is -0.428. The van der Waals surface area contributed by atoms with E-state index in [0.29, 0.717) is 5.69 Å². The van der Waals surface area contributed by atoms with Crippen molar-refractivity contribution in [1.82, 2.24) is 4.98 Å². The number of fused-ring (bicyclic) bond motifs is 1. The Morgan fingerprint density at radius 1 is 1.05 bits per heavy atom. The van der Waals surface area contributed by atoms with Gasteiger partial charge in [0.1, 0.15) is 11.9 Å². The number of anilines is 2. The zero-order chi connectivity index (χ0) is 13.9. The fourth-order valence-electron chi connectivity index (χ4n) is 2.07. The molecule has 2 aromatic carbocycles. The van der Waals surface area contributed by atoms with Crippen LogP contribution in [0.3, 0.4) is 0 Å². The second-order valence-electron chi connectivity index (χ2n) is 4.31. The van der Waals surface area contributed by atoms with Crippen molar-refractivity contribution < 1.29 is 4.39 Å². The number of hydrogen-bond donors (Lipinski definition) is 1. The monoisotopic (exact) mass is 263 g/mol. The summed E-state index contributed by atoms with van der Waals surface area (Å²) in [6.07, 6.45) is 1.71. The average molecular weight is 263 g/mol. The first-order valence-electron chi connectivity index (χ1n) is 6.08. The first kappa shape index (κ1) is 12.1. The fourth-order valence-corrected chi connectivity index (χ4v) is 2.07. The van der Waals surface area contributed by atoms with Gasteiger partial charge in [-0.25, -0.2) is 4.39 Å². The zero-order valence-corrected chi connectivity index (χ0v) is 10.5. The zero-order valence-electron chi connectivity index (χ0n) is 10.5. The van der Waals surface area contributed by atoms with Gasteiger partial charge < -0.3 is 5.32 Å². The summed E-state index contributed by atoms with van der Waals surface area (Å²) in [4.78, 5) is 4.33. The van der Waals surface area contributed by atoms with Gasteiger partial charge in [-0.2, -0.15) is 5.26 Å². The molecule has 0 aliphatic heterocycles. The van der Waals surface area contributed by atoms with Crippen molar-refractivity contribution in [2.75, 3.05) is 5.32 Å². The predicted molar refractivity (Wildman–Crippen MR) is 76.1 cm³/mol. The third kappa shape index (κ3) is 2.17. The lowest BCUT2D eigenvalue weighted by Crippen LogP contribution is -1.96. The molecule has 3 rings (SSSR count). The maximum absolute atomic E-state index is 13.1. The topological polar surface area (TPSA) is 48.7 Å². The van der Waals surface area contributed by atoms with E-state index in [1.165, 1.54) is 12.1 Å². The van der Waals surface area contributed by atoms with Crippen LogP contribution in [-0.4, -0.2) is 4.98 Å². The number of nitrogens with zero attached hydrogens (tertiary/aromatic N) is 2. The van der Waals surface area contributed by atoms with E-state index in [-0.39, 0.29) is 5.56 Å². The van der Waals surface area contributed by atoms with Crippen LogP contribution in [0.1, 0.15) is 5.56 Å². The average Bonchev–Trinajstić information content (AvgIpc) is 2.49. The molecule has 96 valence electrons. The Morgan fingerprint density at radius 3 is 2.75 bits per heavy atom. The standard InChI is InChI=1S/C16H10FN3/c17-13-6-7-14(12(9-13)10-18)20-15-5-1-3-11-4-2-8-19-16(11)15/h1-9,20H. The highest BCUT2D eigenvalue weighted by Crippen LogP contribution is 2.26. The van der Waals surface area contributed by atoms with E-state index in [2.05, 4.69) is 10.3 Å². The molecule has 0 amide bonds. The molecule has 1 N–H and O–H groups in total. The summed E-state index contributed by atoms with van der Waals surface area (Å²) < 4.78 is 13.1. The molecule has 0 spiro atoms. The molecule has 0 saturated carbocycles. The second kappa shape index (κ2) is 4.98. The Kier molecular flexibility index (Phi) is 3.02. The molecule has 4 heteroatoms. The molecule has 3 aromatic rings. The Balaban J connectivity index is 2.08. The number of halogens is 1. The van der Waals surface area contributed by atoms with Crippen molar-refractivity contribution in [3.8, 4) is 6.07 Å². The molecule has 0 saturated heterocycles. The number of para-hydroxylation sites is 1. The van der Waals surface area contributed by atoms with E-state index >= 15 is 0 Å². The normalized spacial score (nSPS) is 10.2. The molecule has 0 radical (unpaired) electrons. The smallest absolute Gasteiger partial charge is 0.124 e. The Bertz CT molecular complexity index is 816. The third-order valence-electron chi connectivity index (χ3n) is 3.00. The van der Waals surface area contributed by atoms with Crippen LogP contribution < -0.4 is 5.32 Å². The number of rotatable bonds is 2. The van der Waals surface area contributed by atoms with Gasteiger partial charge >= 0.3 is 0 Å². The largest absolute Gasteiger partial charge is 0.353 e. The number of hydrogen-bond acceptors (Lipinski definition) is 3. The molecule has 0 aliphatic carbocycles. The highest BCUT2D eigenvalue weighted by molar-refractivity contribution is 5.92. The van der Waals surface area contributed by atoms with E-state index in [0.717, 1.165) is 16.6 Å². The van der Waals surface area contributed by atoms with Gasteiger partial charge in [-0.05, 0) is 30.3 Å². The van der Waals surface area contributed by atoms with Gasteiger partial charge in [0.25, 0.3) is 0 Å². The minimum Gasteiger partial charge on any atom is -0.353 e.